The molecule has 0 bridgehead atoms. The third-order valence-electron chi connectivity index (χ3n) is 11.8. The molecular formula is C35H43N3O6. The van der Waals surface area contributed by atoms with Gasteiger partial charge in [0, 0.05) is 22.9 Å². The molecule has 2 aromatic rings. The molecule has 1 heterocycles. The van der Waals surface area contributed by atoms with Crippen molar-refractivity contribution in [2.45, 2.75) is 77.2 Å². The van der Waals surface area contributed by atoms with Crippen molar-refractivity contribution in [2.75, 3.05) is 20.3 Å². The lowest BCUT2D eigenvalue weighted by Gasteiger charge is -2.58. The number of amides is 1. The van der Waals surface area contributed by atoms with Gasteiger partial charge in [-0.3, -0.25) is 4.79 Å². The summed E-state index contributed by atoms with van der Waals surface area (Å²) in [4.78, 5) is 32.7. The minimum Gasteiger partial charge on any atom is -0.497 e. The number of carbonyl (C=O) groups excluding carboxylic acids is 1. The van der Waals surface area contributed by atoms with Gasteiger partial charge >= 0.3 is 5.97 Å². The Bertz CT molecular complexity index is 1580. The van der Waals surface area contributed by atoms with Gasteiger partial charge in [-0.2, -0.15) is 0 Å². The van der Waals surface area contributed by atoms with Crippen LogP contribution in [-0.2, 0) is 16.1 Å². The van der Waals surface area contributed by atoms with Crippen molar-refractivity contribution in [1.29, 1.82) is 0 Å². The molecule has 0 spiro atoms. The quantitative estimate of drug-likeness (QED) is 0.242. The van der Waals surface area contributed by atoms with Crippen LogP contribution in [0.3, 0.4) is 0 Å². The van der Waals surface area contributed by atoms with Gasteiger partial charge in [0.15, 0.2) is 6.61 Å². The Labute approximate surface area is 258 Å². The Morgan fingerprint density at radius 3 is 2.70 bits per heavy atom. The molecule has 1 aromatic carbocycles. The predicted octanol–water partition coefficient (Wildman–Crippen LogP) is 5.23. The van der Waals surface area contributed by atoms with Crippen molar-refractivity contribution < 1.29 is 29.4 Å². The molecule has 1 amide bonds. The van der Waals surface area contributed by atoms with E-state index in [1.54, 1.807) is 25.3 Å². The molecule has 0 radical (unpaired) electrons. The number of rotatable bonds is 8. The molecular weight excluding hydrogens is 558 g/mol. The summed E-state index contributed by atoms with van der Waals surface area (Å²) in [5.74, 6) is 3.65. The summed E-state index contributed by atoms with van der Waals surface area (Å²) in [5, 5.41) is 28.8. The summed E-state index contributed by atoms with van der Waals surface area (Å²) in [5.41, 5.74) is 2.64. The fourth-order valence-corrected chi connectivity index (χ4v) is 9.24. The van der Waals surface area contributed by atoms with Crippen LogP contribution in [0.25, 0.3) is 10.9 Å². The van der Waals surface area contributed by atoms with Gasteiger partial charge in [0.1, 0.15) is 17.0 Å². The van der Waals surface area contributed by atoms with Crippen molar-refractivity contribution in [1.82, 2.24) is 10.3 Å². The van der Waals surface area contributed by atoms with Crippen LogP contribution in [0.2, 0.25) is 0 Å². The van der Waals surface area contributed by atoms with Gasteiger partial charge in [-0.25, -0.2) is 4.79 Å². The van der Waals surface area contributed by atoms with Crippen LogP contribution in [0.15, 0.2) is 35.0 Å². The highest BCUT2D eigenvalue weighted by atomic mass is 16.6. The van der Waals surface area contributed by atoms with Gasteiger partial charge in [-0.15, -0.1) is 6.42 Å². The molecule has 6 atom stereocenters. The number of hydrogen-bond donors (Lipinski definition) is 4. The van der Waals surface area contributed by atoms with Crippen molar-refractivity contribution >= 4 is 28.5 Å². The molecule has 9 heteroatoms. The van der Waals surface area contributed by atoms with Crippen LogP contribution < -0.4 is 10.1 Å². The van der Waals surface area contributed by atoms with E-state index in [2.05, 4.69) is 41.3 Å². The average Bonchev–Trinajstić information content (AvgIpc) is 3.51. The molecule has 234 valence electrons. The second kappa shape index (κ2) is 11.3. The highest BCUT2D eigenvalue weighted by Gasteiger charge is 2.63. The number of oxime groups is 1. The van der Waals surface area contributed by atoms with Crippen LogP contribution >= 0.6 is 0 Å². The minimum absolute atomic E-state index is 0.107. The Morgan fingerprint density at radius 2 is 1.95 bits per heavy atom. The number of nitrogens with one attached hydrogen (secondary N) is 2. The van der Waals surface area contributed by atoms with Crippen LogP contribution in [0.1, 0.15) is 81.3 Å². The number of fused-ring (bicyclic) bond motifs is 6. The molecule has 3 saturated carbocycles. The van der Waals surface area contributed by atoms with Gasteiger partial charge in [0.05, 0.1) is 12.8 Å². The number of aromatic amines is 1. The monoisotopic (exact) mass is 601 g/mol. The fraction of sp³-hybridized carbons (Fsp3) is 0.571. The van der Waals surface area contributed by atoms with Crippen molar-refractivity contribution in [3.63, 3.8) is 0 Å². The molecule has 0 aliphatic heterocycles. The summed E-state index contributed by atoms with van der Waals surface area (Å²) in [6.45, 7) is 4.68. The number of hydrogen-bond acceptors (Lipinski definition) is 6. The minimum atomic E-state index is -1.05. The van der Waals surface area contributed by atoms with E-state index >= 15 is 0 Å². The summed E-state index contributed by atoms with van der Waals surface area (Å²) in [6, 6.07) is 5.35. The molecule has 0 unspecified atom stereocenters. The lowest BCUT2D eigenvalue weighted by atomic mass is 9.46. The number of methoxy groups -OCH3 is 1. The van der Waals surface area contributed by atoms with Gasteiger partial charge in [0.25, 0.3) is 5.91 Å². The SMILES string of the molecule is C#C[C@@]1(O)CC[C@H]2[C@@H]3CCC4=C/C(=N\OCC(=O)NCCc5c(C(=O)O)[nH]c6ccc(OC)cc56)CC[C@]4(C)[C@H]3CC[C@@]21C. The number of benzene rings is 1. The van der Waals surface area contributed by atoms with Gasteiger partial charge in [-0.05, 0) is 111 Å². The number of allylic oxidation sites excluding steroid dienone is 2. The number of aliphatic hydroxyl groups is 1. The smallest absolute Gasteiger partial charge is 0.352 e. The number of carboxylic acids is 1. The van der Waals surface area contributed by atoms with Crippen molar-refractivity contribution in [3.05, 3.63) is 41.1 Å². The molecule has 9 nitrogen and oxygen atoms in total. The van der Waals surface area contributed by atoms with E-state index in [1.165, 1.54) is 5.57 Å². The number of ether oxygens (including phenoxy) is 1. The zero-order valence-corrected chi connectivity index (χ0v) is 25.9. The molecule has 4 N–H and O–H groups in total. The largest absolute Gasteiger partial charge is 0.497 e. The van der Waals surface area contributed by atoms with Crippen molar-refractivity contribution in [2.24, 2.45) is 33.7 Å². The number of aromatic nitrogens is 1. The predicted molar refractivity (Wildman–Crippen MR) is 167 cm³/mol. The first-order valence-corrected chi connectivity index (χ1v) is 15.8. The third-order valence-corrected chi connectivity index (χ3v) is 11.8. The third kappa shape index (κ3) is 4.88. The Kier molecular flexibility index (Phi) is 7.77. The van der Waals surface area contributed by atoms with Gasteiger partial charge < -0.3 is 30.1 Å². The van der Waals surface area contributed by atoms with Crippen LogP contribution in [-0.4, -0.2) is 58.6 Å². The summed E-state index contributed by atoms with van der Waals surface area (Å²) in [6.07, 6.45) is 16.0. The fourth-order valence-electron chi connectivity index (χ4n) is 9.24. The first-order chi connectivity index (χ1) is 21.0. The first kappa shape index (κ1) is 30.3. The number of aromatic carboxylic acids is 1. The van der Waals surface area contributed by atoms with E-state index in [0.29, 0.717) is 47.4 Å². The second-order valence-electron chi connectivity index (χ2n) is 13.7. The maximum Gasteiger partial charge on any atom is 0.352 e. The topological polar surface area (TPSA) is 133 Å². The summed E-state index contributed by atoms with van der Waals surface area (Å²) >= 11 is 0. The normalized spacial score (nSPS) is 33.5. The van der Waals surface area contributed by atoms with Gasteiger partial charge in [-0.1, -0.05) is 30.5 Å². The van der Waals surface area contributed by atoms with E-state index in [1.807, 2.05) is 0 Å². The van der Waals surface area contributed by atoms with E-state index in [4.69, 9.17) is 16.0 Å². The van der Waals surface area contributed by atoms with Gasteiger partial charge in [0.2, 0.25) is 0 Å². The van der Waals surface area contributed by atoms with Crippen molar-refractivity contribution in [3.8, 4) is 18.1 Å². The zero-order chi connectivity index (χ0) is 31.3. The zero-order valence-electron chi connectivity index (χ0n) is 25.9. The lowest BCUT2D eigenvalue weighted by molar-refractivity contribution is -0.125. The average molecular weight is 602 g/mol. The summed E-state index contributed by atoms with van der Waals surface area (Å²) < 4.78 is 5.29. The first-order valence-electron chi connectivity index (χ1n) is 15.8. The molecule has 4 aliphatic carbocycles. The van der Waals surface area contributed by atoms with E-state index in [9.17, 15) is 19.8 Å². The number of nitrogens with zero attached hydrogens (tertiary/aromatic N) is 1. The number of carbonyl (C=O) groups is 2. The Balaban J connectivity index is 1.04. The molecule has 1 aromatic heterocycles. The summed E-state index contributed by atoms with van der Waals surface area (Å²) in [7, 11) is 1.56. The highest BCUT2D eigenvalue weighted by Crippen LogP contribution is 2.67. The van der Waals surface area contributed by atoms with E-state index < -0.39 is 11.6 Å². The maximum absolute atomic E-state index is 12.5. The molecule has 4 aliphatic rings. The van der Waals surface area contributed by atoms with E-state index in [-0.39, 0.29) is 35.6 Å². The van der Waals surface area contributed by atoms with Crippen LogP contribution in [0.4, 0.5) is 0 Å². The molecule has 44 heavy (non-hydrogen) atoms. The molecule has 3 fully saturated rings. The Morgan fingerprint density at radius 1 is 1.16 bits per heavy atom. The van der Waals surface area contributed by atoms with E-state index in [0.717, 1.165) is 56.0 Å². The number of H-pyrrole nitrogens is 1. The Hall–Kier alpha value is -3.77. The lowest BCUT2D eigenvalue weighted by Crippen LogP contribution is -2.54. The van der Waals surface area contributed by atoms with Crippen LogP contribution in [0, 0.1) is 40.9 Å². The molecule has 0 saturated heterocycles. The highest BCUT2D eigenvalue weighted by molar-refractivity contribution is 5.98. The van der Waals surface area contributed by atoms with Crippen LogP contribution in [0.5, 0.6) is 5.75 Å². The second-order valence-corrected chi connectivity index (χ2v) is 13.7. The number of terminal acetylenes is 1. The number of carboxylic acid groups (broad SMARTS) is 1. The standard InChI is InChI=1S/C35H43N3O6/c1-5-35(42)16-12-28-25-8-6-21-18-22(10-14-33(21,2)27(25)11-15-34(28,35)3)38-44-20-30(39)36-17-13-24-26-19-23(43-4)7-9-29(26)37-31(24)32(40)41/h1,7,9,18-19,25,27-28,37,42H,6,8,10-17,20H2,2-4H3,(H,36,39)(H,40,41)/b38-22-/t25-,27+,28+,33+,34+,35-/m1/s1. The molecule has 6 rings (SSSR count). The maximum atomic E-state index is 12.5.